The number of aliphatic hydroxyl groups is 1. The molecule has 5 rings (SSSR count). The van der Waals surface area contributed by atoms with Crippen LogP contribution in [-0.4, -0.2) is 43.3 Å². The van der Waals surface area contributed by atoms with Gasteiger partial charge in [-0.3, -0.25) is 4.79 Å². The Balaban J connectivity index is 0.000000317. The topological polar surface area (TPSA) is 152 Å². The maximum Gasteiger partial charge on any atom is 0.253 e. The first-order chi connectivity index (χ1) is 18.1. The summed E-state index contributed by atoms with van der Waals surface area (Å²) in [6.07, 6.45) is 3.08. The number of nitrogens with one attached hydrogen (secondary N) is 2. The van der Waals surface area contributed by atoms with Gasteiger partial charge in [-0.05, 0) is 49.9 Å². The third-order valence-corrected chi connectivity index (χ3v) is 5.92. The van der Waals surface area contributed by atoms with Gasteiger partial charge in [-0.15, -0.1) is 10.2 Å². The largest absolute Gasteiger partial charge is 0.420 e. The van der Waals surface area contributed by atoms with Crippen LogP contribution < -0.4 is 16.4 Å². The fourth-order valence-electron chi connectivity index (χ4n) is 4.01. The van der Waals surface area contributed by atoms with Crippen LogP contribution in [0.2, 0.25) is 0 Å². The number of benzene rings is 2. The monoisotopic (exact) mass is 515 g/mol. The van der Waals surface area contributed by atoms with E-state index in [1.807, 2.05) is 70.2 Å². The van der Waals surface area contributed by atoms with E-state index < -0.39 is 0 Å². The van der Waals surface area contributed by atoms with Gasteiger partial charge in [-0.1, -0.05) is 50.2 Å². The molecule has 5 N–H and O–H groups in total. The summed E-state index contributed by atoms with van der Waals surface area (Å²) in [5.74, 6) is 1.37. The molecule has 3 heterocycles. The van der Waals surface area contributed by atoms with Crippen molar-refractivity contribution in [1.82, 2.24) is 25.5 Å². The van der Waals surface area contributed by atoms with Crippen LogP contribution in [0.5, 0.6) is 0 Å². The smallest absolute Gasteiger partial charge is 0.253 e. The Morgan fingerprint density at radius 3 is 2.55 bits per heavy atom. The lowest BCUT2D eigenvalue weighted by Crippen LogP contribution is -2.49. The quantitative estimate of drug-likeness (QED) is 0.295. The molecule has 10 heteroatoms. The zero-order valence-corrected chi connectivity index (χ0v) is 22.0. The van der Waals surface area contributed by atoms with Crippen molar-refractivity contribution in [2.24, 2.45) is 0 Å². The van der Waals surface area contributed by atoms with Crippen LogP contribution in [0.3, 0.4) is 0 Å². The molecule has 1 amide bonds. The fraction of sp³-hybridized carbons (Fsp3) is 0.321. The molecule has 0 fully saturated rings. The Bertz CT molecular complexity index is 1400. The van der Waals surface area contributed by atoms with E-state index in [1.165, 1.54) is 11.8 Å². The summed E-state index contributed by atoms with van der Waals surface area (Å²) in [6.45, 7) is 8.18. The molecular formula is C28H33N7O3. The van der Waals surface area contributed by atoms with Crippen molar-refractivity contribution in [3.05, 3.63) is 77.3 Å². The number of nitrogens with two attached hydrogens (primary N) is 1. The van der Waals surface area contributed by atoms with E-state index in [4.69, 9.17) is 15.3 Å². The van der Waals surface area contributed by atoms with Crippen molar-refractivity contribution in [2.45, 2.75) is 52.0 Å². The number of hydrogen-bond donors (Lipinski definition) is 4. The molecule has 4 aromatic rings. The van der Waals surface area contributed by atoms with E-state index in [1.54, 1.807) is 6.07 Å². The minimum Gasteiger partial charge on any atom is -0.420 e. The van der Waals surface area contributed by atoms with Crippen LogP contribution in [0.25, 0.3) is 11.5 Å². The molecule has 0 saturated carbocycles. The molecule has 0 bridgehead atoms. The van der Waals surface area contributed by atoms with Crippen molar-refractivity contribution in [2.75, 3.05) is 17.7 Å². The maximum atomic E-state index is 12.4. The number of anilines is 3. The summed E-state index contributed by atoms with van der Waals surface area (Å²) < 4.78 is 5.61. The van der Waals surface area contributed by atoms with E-state index in [-0.39, 0.29) is 35.7 Å². The average Bonchev–Trinajstić information content (AvgIpc) is 3.36. The Labute approximate surface area is 221 Å². The number of aromatic nitrogens is 4. The summed E-state index contributed by atoms with van der Waals surface area (Å²) in [5.41, 5.74) is 9.84. The predicted molar refractivity (Wildman–Crippen MR) is 146 cm³/mol. The second-order valence-electron chi connectivity index (χ2n) is 10.1. The molecule has 0 spiro atoms. The highest BCUT2D eigenvalue weighted by atomic mass is 16.4. The Kier molecular flexibility index (Phi) is 8.02. The molecule has 1 aliphatic rings. The van der Waals surface area contributed by atoms with Gasteiger partial charge < -0.3 is 25.9 Å². The highest BCUT2D eigenvalue weighted by Crippen LogP contribution is 2.28. The van der Waals surface area contributed by atoms with Crippen molar-refractivity contribution in [3.8, 4) is 11.5 Å². The van der Waals surface area contributed by atoms with E-state index in [0.717, 1.165) is 18.4 Å². The predicted octanol–water partition coefficient (Wildman–Crippen LogP) is 4.26. The average molecular weight is 516 g/mol. The standard InChI is InChI=1S/C20H23N7O2.C8H10O/c1-10(2)17-26-27-18(29-17)14-9-22-19(24-15(14)21)23-12-6-5-11-8-20(3,4)25-16(28)13(11)7-12;9-7-6-8-4-2-1-3-5-8/h5-7,9-10H,8H2,1-4H3,(H,25,28)(H3,21,22,23,24);1-5,9H,6-7H2. The summed E-state index contributed by atoms with van der Waals surface area (Å²) in [4.78, 5) is 21.0. The third kappa shape index (κ3) is 6.51. The third-order valence-electron chi connectivity index (χ3n) is 5.92. The van der Waals surface area contributed by atoms with Crippen LogP contribution in [0, 0.1) is 0 Å². The molecule has 0 unspecified atom stereocenters. The molecule has 0 radical (unpaired) electrons. The first-order valence-electron chi connectivity index (χ1n) is 12.5. The van der Waals surface area contributed by atoms with Gasteiger partial charge in [0.05, 0.1) is 5.56 Å². The highest BCUT2D eigenvalue weighted by molar-refractivity contribution is 5.98. The van der Waals surface area contributed by atoms with Gasteiger partial charge in [0.25, 0.3) is 11.8 Å². The number of hydrogen-bond acceptors (Lipinski definition) is 9. The number of nitrogens with zero attached hydrogens (tertiary/aromatic N) is 4. The minimum atomic E-state index is -0.253. The molecule has 0 aliphatic carbocycles. The molecule has 1 aliphatic heterocycles. The van der Waals surface area contributed by atoms with Crippen LogP contribution in [0.1, 0.15) is 61.0 Å². The molecule has 10 nitrogen and oxygen atoms in total. The first-order valence-corrected chi connectivity index (χ1v) is 12.5. The van der Waals surface area contributed by atoms with Gasteiger partial charge in [-0.2, -0.15) is 4.98 Å². The summed E-state index contributed by atoms with van der Waals surface area (Å²) in [7, 11) is 0. The maximum absolute atomic E-state index is 12.4. The number of carbonyl (C=O) groups excluding carboxylic acids is 1. The molecule has 2 aromatic heterocycles. The highest BCUT2D eigenvalue weighted by Gasteiger charge is 2.29. The number of nitrogen functional groups attached to an aromatic ring is 1. The van der Waals surface area contributed by atoms with Crippen LogP contribution in [0.4, 0.5) is 17.5 Å². The molecule has 0 atom stereocenters. The number of carbonyl (C=O) groups is 1. The van der Waals surface area contributed by atoms with Gasteiger partial charge in [0.2, 0.25) is 11.8 Å². The lowest BCUT2D eigenvalue weighted by atomic mass is 9.87. The molecule has 0 saturated heterocycles. The molecule has 198 valence electrons. The van der Waals surface area contributed by atoms with Crippen LogP contribution >= 0.6 is 0 Å². The van der Waals surface area contributed by atoms with Crippen molar-refractivity contribution >= 4 is 23.4 Å². The van der Waals surface area contributed by atoms with Crippen molar-refractivity contribution < 1.29 is 14.3 Å². The fourth-order valence-corrected chi connectivity index (χ4v) is 4.01. The van der Waals surface area contributed by atoms with Crippen LogP contribution in [0.15, 0.2) is 59.1 Å². The van der Waals surface area contributed by atoms with Crippen molar-refractivity contribution in [1.29, 1.82) is 0 Å². The first kappa shape index (κ1) is 26.7. The van der Waals surface area contributed by atoms with E-state index >= 15 is 0 Å². The SMILES string of the molecule is CC(C)c1nnc(-c2cnc(Nc3ccc4c(c3)C(=O)NC(C)(C)C4)nc2N)o1.OCCc1ccccc1. The molecule has 2 aromatic carbocycles. The lowest BCUT2D eigenvalue weighted by Gasteiger charge is -2.32. The number of rotatable bonds is 6. The number of fused-ring (bicyclic) bond motifs is 1. The zero-order chi connectivity index (χ0) is 27.3. The van der Waals surface area contributed by atoms with Gasteiger partial charge >= 0.3 is 0 Å². The second kappa shape index (κ2) is 11.4. The normalized spacial score (nSPS) is 13.8. The summed E-state index contributed by atoms with van der Waals surface area (Å²) in [6, 6.07) is 15.6. The summed E-state index contributed by atoms with van der Waals surface area (Å²) in [5, 5.41) is 22.6. The van der Waals surface area contributed by atoms with E-state index in [0.29, 0.717) is 28.7 Å². The van der Waals surface area contributed by atoms with E-state index in [2.05, 4.69) is 30.8 Å². The van der Waals surface area contributed by atoms with Gasteiger partial charge in [0.15, 0.2) is 0 Å². The Morgan fingerprint density at radius 2 is 1.89 bits per heavy atom. The minimum absolute atomic E-state index is 0.0898. The summed E-state index contributed by atoms with van der Waals surface area (Å²) >= 11 is 0. The van der Waals surface area contributed by atoms with Crippen LogP contribution in [-0.2, 0) is 12.8 Å². The Hall–Kier alpha value is -4.31. The van der Waals surface area contributed by atoms with Gasteiger partial charge in [0, 0.05) is 35.5 Å². The second-order valence-corrected chi connectivity index (χ2v) is 10.1. The zero-order valence-electron chi connectivity index (χ0n) is 22.0. The number of aliphatic hydroxyl groups excluding tert-OH is 1. The number of amides is 1. The van der Waals surface area contributed by atoms with E-state index in [9.17, 15) is 4.79 Å². The molecule has 38 heavy (non-hydrogen) atoms. The lowest BCUT2D eigenvalue weighted by molar-refractivity contribution is 0.0897. The van der Waals surface area contributed by atoms with Crippen molar-refractivity contribution in [3.63, 3.8) is 0 Å². The van der Waals surface area contributed by atoms with Gasteiger partial charge in [0.1, 0.15) is 5.82 Å². The Morgan fingerprint density at radius 1 is 1.13 bits per heavy atom. The molecular weight excluding hydrogens is 482 g/mol. The van der Waals surface area contributed by atoms with Gasteiger partial charge in [-0.25, -0.2) is 4.98 Å².